The Labute approximate surface area is 154 Å². The number of benzene rings is 1. The lowest BCUT2D eigenvalue weighted by Crippen LogP contribution is -2.39. The van der Waals surface area contributed by atoms with Crippen LogP contribution in [0.2, 0.25) is 0 Å². The van der Waals surface area contributed by atoms with Crippen molar-refractivity contribution >= 4 is 5.91 Å². The molecule has 1 aromatic heterocycles. The summed E-state index contributed by atoms with van der Waals surface area (Å²) < 4.78 is 7.73. The van der Waals surface area contributed by atoms with Gasteiger partial charge in [-0.15, -0.1) is 0 Å². The summed E-state index contributed by atoms with van der Waals surface area (Å²) in [7, 11) is 0. The summed E-state index contributed by atoms with van der Waals surface area (Å²) in [6.45, 7) is 5.60. The lowest BCUT2D eigenvalue weighted by molar-refractivity contribution is -0.130. The van der Waals surface area contributed by atoms with Crippen LogP contribution in [0.3, 0.4) is 0 Å². The Kier molecular flexibility index (Phi) is 6.06. The number of aliphatic hydroxyl groups excluding tert-OH is 1. The number of carbonyl (C=O) groups is 1. The van der Waals surface area contributed by atoms with Gasteiger partial charge in [-0.2, -0.15) is 5.10 Å². The molecule has 0 bridgehead atoms. The predicted octanol–water partition coefficient (Wildman–Crippen LogP) is 2.07. The number of amides is 1. The van der Waals surface area contributed by atoms with E-state index in [2.05, 4.69) is 28.7 Å². The largest absolute Gasteiger partial charge is 0.383 e. The Bertz CT molecular complexity index is 727. The van der Waals surface area contributed by atoms with Crippen molar-refractivity contribution in [3.05, 3.63) is 53.3 Å². The van der Waals surface area contributed by atoms with Crippen molar-refractivity contribution in [2.24, 2.45) is 5.92 Å². The topological polar surface area (TPSA) is 76.4 Å². The molecule has 3 rings (SSSR count). The fraction of sp³-hybridized carbons (Fsp3) is 0.500. The molecule has 26 heavy (non-hydrogen) atoms. The monoisotopic (exact) mass is 357 g/mol. The maximum Gasteiger partial charge on any atom is 0.248 e. The Morgan fingerprint density at radius 2 is 2.15 bits per heavy atom. The summed E-state index contributed by atoms with van der Waals surface area (Å²) in [5.74, 6) is -0.0832. The molecular formula is C20H27N3O3. The van der Waals surface area contributed by atoms with Crippen molar-refractivity contribution < 1.29 is 14.6 Å². The molecule has 0 saturated carbocycles. The molecule has 2 atom stereocenters. The molecule has 1 amide bonds. The minimum Gasteiger partial charge on any atom is -0.383 e. The van der Waals surface area contributed by atoms with Crippen LogP contribution >= 0.6 is 0 Å². The van der Waals surface area contributed by atoms with E-state index < -0.39 is 6.10 Å². The van der Waals surface area contributed by atoms with Gasteiger partial charge in [-0.25, -0.2) is 0 Å². The first-order valence-electron chi connectivity index (χ1n) is 9.20. The molecule has 1 aliphatic rings. The second kappa shape index (κ2) is 8.47. The van der Waals surface area contributed by atoms with Crippen LogP contribution in [0.1, 0.15) is 43.2 Å². The number of ether oxygens (including phenoxy) is 1. The molecule has 2 heterocycles. The van der Waals surface area contributed by atoms with Gasteiger partial charge in [0.25, 0.3) is 0 Å². The molecule has 0 spiro atoms. The van der Waals surface area contributed by atoms with E-state index in [0.717, 1.165) is 17.7 Å². The van der Waals surface area contributed by atoms with Gasteiger partial charge in [0.15, 0.2) is 0 Å². The van der Waals surface area contributed by atoms with E-state index in [4.69, 9.17) is 4.74 Å². The molecular weight excluding hydrogens is 330 g/mol. The molecule has 0 fully saturated rings. The van der Waals surface area contributed by atoms with Crippen LogP contribution in [-0.2, 0) is 22.5 Å². The number of aliphatic hydroxyl groups is 1. The number of carbonyl (C=O) groups excluding carboxylic acids is 1. The van der Waals surface area contributed by atoms with Crippen molar-refractivity contribution in [3.8, 4) is 0 Å². The first-order chi connectivity index (χ1) is 12.5. The van der Waals surface area contributed by atoms with Crippen LogP contribution in [-0.4, -0.2) is 40.0 Å². The minimum atomic E-state index is -0.978. The highest BCUT2D eigenvalue weighted by Gasteiger charge is 2.26. The lowest BCUT2D eigenvalue weighted by atomic mass is 10.0. The van der Waals surface area contributed by atoms with Crippen molar-refractivity contribution in [1.29, 1.82) is 0 Å². The summed E-state index contributed by atoms with van der Waals surface area (Å²) >= 11 is 0. The molecule has 6 heteroatoms. The number of aromatic nitrogens is 2. The third-order valence-electron chi connectivity index (χ3n) is 4.51. The van der Waals surface area contributed by atoms with E-state index in [9.17, 15) is 9.90 Å². The smallest absolute Gasteiger partial charge is 0.248 e. The second-order valence-corrected chi connectivity index (χ2v) is 7.22. The van der Waals surface area contributed by atoms with E-state index in [1.165, 1.54) is 5.56 Å². The molecule has 1 aliphatic heterocycles. The van der Waals surface area contributed by atoms with Gasteiger partial charge in [0.05, 0.1) is 18.8 Å². The van der Waals surface area contributed by atoms with Gasteiger partial charge in [-0.3, -0.25) is 9.48 Å². The van der Waals surface area contributed by atoms with Crippen LogP contribution < -0.4 is 5.32 Å². The van der Waals surface area contributed by atoms with Gasteiger partial charge < -0.3 is 15.2 Å². The van der Waals surface area contributed by atoms with Crippen LogP contribution in [0.5, 0.6) is 0 Å². The minimum absolute atomic E-state index is 0.266. The van der Waals surface area contributed by atoms with E-state index in [0.29, 0.717) is 26.1 Å². The maximum atomic E-state index is 12.0. The van der Waals surface area contributed by atoms with Crippen LogP contribution in [0, 0.1) is 5.92 Å². The third kappa shape index (κ3) is 4.71. The highest BCUT2D eigenvalue weighted by Crippen LogP contribution is 2.25. The zero-order valence-corrected chi connectivity index (χ0v) is 15.4. The first-order valence-corrected chi connectivity index (χ1v) is 9.20. The number of nitrogens with zero attached hydrogens (tertiary/aromatic N) is 2. The van der Waals surface area contributed by atoms with Gasteiger partial charge in [0, 0.05) is 12.7 Å². The molecule has 0 unspecified atom stereocenters. The fourth-order valence-electron chi connectivity index (χ4n) is 3.20. The first kappa shape index (κ1) is 18.6. The number of fused-ring (bicyclic) bond motifs is 1. The van der Waals surface area contributed by atoms with Gasteiger partial charge in [-0.1, -0.05) is 44.2 Å². The van der Waals surface area contributed by atoms with Gasteiger partial charge in [0.1, 0.15) is 12.2 Å². The predicted molar refractivity (Wildman–Crippen MR) is 98.6 cm³/mol. The zero-order valence-electron chi connectivity index (χ0n) is 15.4. The average molecular weight is 357 g/mol. The Balaban J connectivity index is 1.62. The SMILES string of the molecule is CC(C)C[C@@H](O)C(=O)NC[C@H]1OCCc2cn(Cc3ccccc3)nc21. The molecule has 1 aromatic carbocycles. The Morgan fingerprint density at radius 3 is 2.88 bits per heavy atom. The van der Waals surface area contributed by atoms with Crippen molar-refractivity contribution in [2.45, 2.75) is 45.4 Å². The van der Waals surface area contributed by atoms with Gasteiger partial charge >= 0.3 is 0 Å². The van der Waals surface area contributed by atoms with Gasteiger partial charge in [-0.05, 0) is 29.9 Å². The number of hydrogen-bond acceptors (Lipinski definition) is 4. The number of hydrogen-bond donors (Lipinski definition) is 2. The number of nitrogens with one attached hydrogen (secondary N) is 1. The number of rotatable bonds is 7. The highest BCUT2D eigenvalue weighted by atomic mass is 16.5. The molecule has 6 nitrogen and oxygen atoms in total. The lowest BCUT2D eigenvalue weighted by Gasteiger charge is -2.23. The van der Waals surface area contributed by atoms with E-state index >= 15 is 0 Å². The van der Waals surface area contributed by atoms with Crippen LogP contribution in [0.25, 0.3) is 0 Å². The maximum absolute atomic E-state index is 12.0. The van der Waals surface area contributed by atoms with E-state index in [-0.39, 0.29) is 17.9 Å². The normalized spacial score (nSPS) is 17.8. The Hall–Kier alpha value is -2.18. The zero-order chi connectivity index (χ0) is 18.5. The summed E-state index contributed by atoms with van der Waals surface area (Å²) in [5.41, 5.74) is 3.23. The summed E-state index contributed by atoms with van der Waals surface area (Å²) in [6, 6.07) is 10.2. The Morgan fingerprint density at radius 1 is 1.38 bits per heavy atom. The molecule has 140 valence electrons. The van der Waals surface area contributed by atoms with Crippen LogP contribution in [0.15, 0.2) is 36.5 Å². The van der Waals surface area contributed by atoms with Crippen molar-refractivity contribution in [3.63, 3.8) is 0 Å². The highest BCUT2D eigenvalue weighted by molar-refractivity contribution is 5.80. The summed E-state index contributed by atoms with van der Waals surface area (Å²) in [5, 5.41) is 17.4. The van der Waals surface area contributed by atoms with Gasteiger partial charge in [0.2, 0.25) is 5.91 Å². The third-order valence-corrected chi connectivity index (χ3v) is 4.51. The quantitative estimate of drug-likeness (QED) is 0.795. The average Bonchev–Trinajstić information content (AvgIpc) is 3.02. The van der Waals surface area contributed by atoms with Crippen LogP contribution in [0.4, 0.5) is 0 Å². The second-order valence-electron chi connectivity index (χ2n) is 7.22. The molecule has 0 aliphatic carbocycles. The van der Waals surface area contributed by atoms with Crippen molar-refractivity contribution in [2.75, 3.05) is 13.2 Å². The fourth-order valence-corrected chi connectivity index (χ4v) is 3.20. The molecule has 0 saturated heterocycles. The molecule has 2 N–H and O–H groups in total. The summed E-state index contributed by atoms with van der Waals surface area (Å²) in [4.78, 5) is 12.0. The molecule has 2 aromatic rings. The summed E-state index contributed by atoms with van der Waals surface area (Å²) in [6.07, 6.45) is 2.09. The van der Waals surface area contributed by atoms with Crippen molar-refractivity contribution in [1.82, 2.24) is 15.1 Å². The standard InChI is InChI=1S/C20H27N3O3/c1-14(2)10-17(24)20(25)21-11-18-19-16(8-9-26-18)13-23(22-19)12-15-6-4-3-5-7-15/h3-7,13-14,17-18,24H,8-12H2,1-2H3,(H,21,25)/t17-,18-/m1/s1. The molecule has 0 radical (unpaired) electrons. The van der Waals surface area contributed by atoms with E-state index in [1.807, 2.05) is 36.7 Å². The van der Waals surface area contributed by atoms with E-state index in [1.54, 1.807) is 0 Å².